The van der Waals surface area contributed by atoms with Crippen molar-refractivity contribution < 1.29 is 23.1 Å². The van der Waals surface area contributed by atoms with Crippen molar-refractivity contribution in [2.45, 2.75) is 50.1 Å². The third-order valence-electron chi connectivity index (χ3n) is 8.07. The van der Waals surface area contributed by atoms with E-state index in [1.165, 1.54) is 40.5 Å². The molecule has 0 N–H and O–H groups in total. The number of amides is 1. The number of rotatable bonds is 5. The van der Waals surface area contributed by atoms with Crippen molar-refractivity contribution in [2.24, 2.45) is 5.92 Å². The number of ketones is 1. The van der Waals surface area contributed by atoms with Gasteiger partial charge in [0.15, 0.2) is 5.78 Å². The Morgan fingerprint density at radius 3 is 2.08 bits per heavy atom. The van der Waals surface area contributed by atoms with E-state index in [2.05, 4.69) is 24.3 Å². The second-order valence-electron chi connectivity index (χ2n) is 10.1. The van der Waals surface area contributed by atoms with Crippen molar-refractivity contribution in [2.75, 3.05) is 6.61 Å². The first-order valence-electron chi connectivity index (χ1n) is 12.6. The maximum Gasteiger partial charge on any atom is 0.410 e. The molecular formula is C30H27F2NO3. The van der Waals surface area contributed by atoms with Crippen LogP contribution in [-0.2, 0) is 4.74 Å². The van der Waals surface area contributed by atoms with Gasteiger partial charge >= 0.3 is 6.09 Å². The van der Waals surface area contributed by atoms with Crippen LogP contribution in [0.2, 0.25) is 0 Å². The lowest BCUT2D eigenvalue weighted by molar-refractivity contribution is 0.0506. The van der Waals surface area contributed by atoms with Gasteiger partial charge in [0.05, 0.1) is 0 Å². The molecule has 4 nitrogen and oxygen atoms in total. The first kappa shape index (κ1) is 22.9. The molecule has 0 spiro atoms. The van der Waals surface area contributed by atoms with Crippen LogP contribution in [0, 0.1) is 5.92 Å². The van der Waals surface area contributed by atoms with Gasteiger partial charge in [0, 0.05) is 35.0 Å². The van der Waals surface area contributed by atoms with Crippen LogP contribution < -0.4 is 0 Å². The Labute approximate surface area is 208 Å². The SMILES string of the molecule is O=C(c1cccc(C(F)F)c1)C1CC2CCC(C1)N2C(=O)OCC1c2ccccc2-c2ccccc21. The molecule has 0 radical (unpaired) electrons. The Hall–Kier alpha value is -3.54. The van der Waals surface area contributed by atoms with Gasteiger partial charge in [-0.05, 0) is 54.0 Å². The molecule has 3 aromatic carbocycles. The van der Waals surface area contributed by atoms with Gasteiger partial charge in [-0.15, -0.1) is 0 Å². The van der Waals surface area contributed by atoms with Crippen LogP contribution in [0.4, 0.5) is 13.6 Å². The van der Waals surface area contributed by atoms with E-state index in [0.717, 1.165) is 12.8 Å². The second-order valence-corrected chi connectivity index (χ2v) is 10.1. The molecule has 6 rings (SSSR count). The third kappa shape index (κ3) is 3.89. The van der Waals surface area contributed by atoms with E-state index in [0.29, 0.717) is 18.4 Å². The zero-order valence-corrected chi connectivity index (χ0v) is 19.8. The van der Waals surface area contributed by atoms with E-state index in [9.17, 15) is 18.4 Å². The van der Waals surface area contributed by atoms with Gasteiger partial charge in [0.2, 0.25) is 0 Å². The molecular weight excluding hydrogens is 460 g/mol. The molecule has 0 saturated carbocycles. The molecule has 1 aliphatic carbocycles. The van der Waals surface area contributed by atoms with Gasteiger partial charge in [0.1, 0.15) is 6.61 Å². The summed E-state index contributed by atoms with van der Waals surface area (Å²) in [6.45, 7) is 0.269. The lowest BCUT2D eigenvalue weighted by Crippen LogP contribution is -2.48. The largest absolute Gasteiger partial charge is 0.448 e. The Morgan fingerprint density at radius 1 is 0.861 bits per heavy atom. The van der Waals surface area contributed by atoms with Crippen molar-refractivity contribution in [3.05, 3.63) is 95.1 Å². The first-order chi connectivity index (χ1) is 17.5. The van der Waals surface area contributed by atoms with Crippen LogP contribution in [0.25, 0.3) is 11.1 Å². The molecule has 2 atom stereocenters. The molecule has 1 amide bonds. The minimum Gasteiger partial charge on any atom is -0.448 e. The van der Waals surface area contributed by atoms with E-state index in [4.69, 9.17) is 4.74 Å². The summed E-state index contributed by atoms with van der Waals surface area (Å²) >= 11 is 0. The molecule has 3 aliphatic rings. The number of benzene rings is 3. The summed E-state index contributed by atoms with van der Waals surface area (Å²) in [6.07, 6.45) is -0.193. The Kier molecular flexibility index (Phi) is 5.82. The normalized spacial score (nSPS) is 22.4. The van der Waals surface area contributed by atoms with Crippen molar-refractivity contribution in [3.63, 3.8) is 0 Å². The molecule has 2 heterocycles. The number of piperidine rings is 1. The number of hydrogen-bond donors (Lipinski definition) is 0. The molecule has 36 heavy (non-hydrogen) atoms. The molecule has 3 aromatic rings. The van der Waals surface area contributed by atoms with Crippen LogP contribution in [0.15, 0.2) is 72.8 Å². The highest BCUT2D eigenvalue weighted by molar-refractivity contribution is 5.98. The Morgan fingerprint density at radius 2 is 1.47 bits per heavy atom. The van der Waals surface area contributed by atoms with Gasteiger partial charge in [-0.2, -0.15) is 0 Å². The molecule has 2 saturated heterocycles. The van der Waals surface area contributed by atoms with E-state index in [-0.39, 0.29) is 48.0 Å². The smallest absolute Gasteiger partial charge is 0.410 e. The quantitative estimate of drug-likeness (QED) is 0.364. The Balaban J connectivity index is 1.14. The fourth-order valence-electron chi connectivity index (χ4n) is 6.42. The standard InChI is InChI=1S/C30H27F2NO3/c31-29(32)19-7-5-6-18(14-19)28(34)20-15-21-12-13-22(16-20)33(21)30(35)36-17-27-25-10-3-1-8-23(25)24-9-2-4-11-26(24)27/h1-11,14,20-22,27,29H,12-13,15-17H2. The molecule has 2 fully saturated rings. The predicted molar refractivity (Wildman–Crippen MR) is 132 cm³/mol. The number of carbonyl (C=O) groups is 2. The van der Waals surface area contributed by atoms with Gasteiger partial charge < -0.3 is 9.64 Å². The summed E-state index contributed by atoms with van der Waals surface area (Å²) in [7, 11) is 0. The van der Waals surface area contributed by atoms with Crippen molar-refractivity contribution in [1.82, 2.24) is 4.90 Å². The van der Waals surface area contributed by atoms with E-state index < -0.39 is 6.43 Å². The molecule has 2 bridgehead atoms. The zero-order chi connectivity index (χ0) is 24.8. The van der Waals surface area contributed by atoms with E-state index in [1.807, 2.05) is 29.2 Å². The van der Waals surface area contributed by atoms with Gasteiger partial charge in [0.25, 0.3) is 6.43 Å². The van der Waals surface area contributed by atoms with Crippen molar-refractivity contribution >= 4 is 11.9 Å². The first-order valence-corrected chi connectivity index (χ1v) is 12.6. The third-order valence-corrected chi connectivity index (χ3v) is 8.07. The van der Waals surface area contributed by atoms with E-state index in [1.54, 1.807) is 6.07 Å². The number of ether oxygens (including phenoxy) is 1. The summed E-state index contributed by atoms with van der Waals surface area (Å²) < 4.78 is 32.1. The van der Waals surface area contributed by atoms with E-state index >= 15 is 0 Å². The number of alkyl halides is 2. The maximum absolute atomic E-state index is 13.2. The number of halogens is 2. The fourth-order valence-corrected chi connectivity index (χ4v) is 6.42. The van der Waals surface area contributed by atoms with Gasteiger partial charge in [-0.1, -0.05) is 66.7 Å². The summed E-state index contributed by atoms with van der Waals surface area (Å²) in [5.74, 6) is -0.380. The monoisotopic (exact) mass is 487 g/mol. The molecule has 0 aromatic heterocycles. The summed E-state index contributed by atoms with van der Waals surface area (Å²) in [5, 5.41) is 0. The molecule has 2 unspecified atom stereocenters. The lowest BCUT2D eigenvalue weighted by Gasteiger charge is -2.37. The molecule has 184 valence electrons. The van der Waals surface area contributed by atoms with Crippen molar-refractivity contribution in [1.29, 1.82) is 0 Å². The zero-order valence-electron chi connectivity index (χ0n) is 19.8. The molecule has 2 aliphatic heterocycles. The van der Waals surface area contributed by atoms with Gasteiger partial charge in [-0.25, -0.2) is 13.6 Å². The highest BCUT2D eigenvalue weighted by Crippen LogP contribution is 2.45. The number of hydrogen-bond acceptors (Lipinski definition) is 3. The van der Waals surface area contributed by atoms with Gasteiger partial charge in [-0.3, -0.25) is 4.79 Å². The maximum atomic E-state index is 13.2. The fraction of sp³-hybridized carbons (Fsp3) is 0.333. The number of carbonyl (C=O) groups excluding carboxylic acids is 2. The highest BCUT2D eigenvalue weighted by atomic mass is 19.3. The second kappa shape index (κ2) is 9.16. The summed E-state index contributed by atoms with van der Waals surface area (Å²) in [6, 6.07) is 22.1. The predicted octanol–water partition coefficient (Wildman–Crippen LogP) is 7.00. The minimum absolute atomic E-state index is 0.000214. The number of Topliss-reactive ketones (excluding diaryl/α,β-unsaturated/α-hetero) is 1. The minimum atomic E-state index is -2.61. The Bertz CT molecular complexity index is 1260. The van der Waals surface area contributed by atoms with Crippen LogP contribution in [0.1, 0.15) is 65.1 Å². The average molecular weight is 488 g/mol. The number of fused-ring (bicyclic) bond motifs is 5. The molecule has 6 heteroatoms. The summed E-state index contributed by atoms with van der Waals surface area (Å²) in [5.41, 5.74) is 4.90. The van der Waals surface area contributed by atoms with Crippen molar-refractivity contribution in [3.8, 4) is 11.1 Å². The van der Waals surface area contributed by atoms with Crippen LogP contribution in [-0.4, -0.2) is 35.5 Å². The average Bonchev–Trinajstić information content (AvgIpc) is 3.37. The lowest BCUT2D eigenvalue weighted by atomic mass is 9.84. The topological polar surface area (TPSA) is 46.6 Å². The van der Waals surface area contributed by atoms with Crippen LogP contribution in [0.3, 0.4) is 0 Å². The summed E-state index contributed by atoms with van der Waals surface area (Å²) in [4.78, 5) is 28.2. The number of nitrogens with zero attached hydrogens (tertiary/aromatic N) is 1. The van der Waals surface area contributed by atoms with Crippen LogP contribution >= 0.6 is 0 Å². The van der Waals surface area contributed by atoms with Crippen LogP contribution in [0.5, 0.6) is 0 Å². The highest BCUT2D eigenvalue weighted by Gasteiger charge is 2.46.